The molecular formula is C10H16O4. The molecule has 1 saturated heterocycles. The molecule has 0 saturated carbocycles. The molecule has 1 aliphatic heterocycles. The van der Waals surface area contributed by atoms with Crippen molar-refractivity contribution in [2.24, 2.45) is 0 Å². The highest BCUT2D eigenvalue weighted by Crippen LogP contribution is 2.02. The quantitative estimate of drug-likeness (QED) is 0.496. The SMILES string of the molecule is CCOC(C#CC1OCCO1)OCC. The van der Waals surface area contributed by atoms with Crippen molar-refractivity contribution in [1.82, 2.24) is 0 Å². The normalized spacial score (nSPS) is 17.1. The summed E-state index contributed by atoms with van der Waals surface area (Å²) >= 11 is 0. The Morgan fingerprint density at radius 1 is 1.21 bits per heavy atom. The van der Waals surface area contributed by atoms with E-state index in [1.54, 1.807) is 0 Å². The van der Waals surface area contributed by atoms with Gasteiger partial charge >= 0.3 is 0 Å². The van der Waals surface area contributed by atoms with Gasteiger partial charge in [0.05, 0.1) is 13.2 Å². The Balaban J connectivity index is 2.34. The van der Waals surface area contributed by atoms with Gasteiger partial charge in [0.1, 0.15) is 0 Å². The highest BCUT2D eigenvalue weighted by molar-refractivity contribution is 5.05. The fraction of sp³-hybridized carbons (Fsp3) is 0.800. The Kier molecular flexibility index (Phi) is 5.57. The molecule has 0 N–H and O–H groups in total. The molecule has 80 valence electrons. The summed E-state index contributed by atoms with van der Waals surface area (Å²) in [6, 6.07) is 0. The van der Waals surface area contributed by atoms with E-state index in [1.165, 1.54) is 0 Å². The van der Waals surface area contributed by atoms with Crippen LogP contribution in [0.4, 0.5) is 0 Å². The molecule has 14 heavy (non-hydrogen) atoms. The second kappa shape index (κ2) is 6.80. The van der Waals surface area contributed by atoms with Crippen LogP contribution in [0.1, 0.15) is 13.8 Å². The lowest BCUT2D eigenvalue weighted by atomic mass is 10.5. The lowest BCUT2D eigenvalue weighted by Crippen LogP contribution is -2.16. The largest absolute Gasteiger partial charge is 0.342 e. The lowest BCUT2D eigenvalue weighted by Gasteiger charge is -2.10. The third kappa shape index (κ3) is 4.07. The van der Waals surface area contributed by atoms with E-state index in [-0.39, 0.29) is 0 Å². The zero-order chi connectivity index (χ0) is 10.2. The van der Waals surface area contributed by atoms with Gasteiger partial charge < -0.3 is 18.9 Å². The molecule has 0 aromatic heterocycles. The van der Waals surface area contributed by atoms with Crippen LogP contribution in [0.2, 0.25) is 0 Å². The van der Waals surface area contributed by atoms with Crippen molar-refractivity contribution in [1.29, 1.82) is 0 Å². The van der Waals surface area contributed by atoms with Crippen LogP contribution in [0.25, 0.3) is 0 Å². The van der Waals surface area contributed by atoms with Gasteiger partial charge in [-0.1, -0.05) is 0 Å². The summed E-state index contributed by atoms with van der Waals surface area (Å²) in [7, 11) is 0. The first-order chi connectivity index (χ1) is 6.86. The van der Waals surface area contributed by atoms with Crippen molar-refractivity contribution >= 4 is 0 Å². The summed E-state index contributed by atoms with van der Waals surface area (Å²) < 4.78 is 20.8. The number of hydrogen-bond acceptors (Lipinski definition) is 4. The summed E-state index contributed by atoms with van der Waals surface area (Å²) in [6.07, 6.45) is -0.892. The fourth-order valence-electron chi connectivity index (χ4n) is 1.01. The van der Waals surface area contributed by atoms with Gasteiger partial charge in [-0.15, -0.1) is 0 Å². The summed E-state index contributed by atoms with van der Waals surface area (Å²) in [4.78, 5) is 0. The molecule has 1 aliphatic rings. The van der Waals surface area contributed by atoms with Crippen molar-refractivity contribution < 1.29 is 18.9 Å². The molecular weight excluding hydrogens is 184 g/mol. The van der Waals surface area contributed by atoms with Crippen LogP contribution in [-0.4, -0.2) is 39.0 Å². The van der Waals surface area contributed by atoms with Gasteiger partial charge in [0, 0.05) is 13.2 Å². The first-order valence-corrected chi connectivity index (χ1v) is 4.84. The molecule has 0 amide bonds. The topological polar surface area (TPSA) is 36.9 Å². The van der Waals surface area contributed by atoms with Gasteiger partial charge in [-0.25, -0.2) is 0 Å². The molecule has 4 heteroatoms. The van der Waals surface area contributed by atoms with E-state index in [2.05, 4.69) is 11.8 Å². The maximum absolute atomic E-state index is 5.24. The van der Waals surface area contributed by atoms with Crippen molar-refractivity contribution in [3.8, 4) is 11.8 Å². The predicted octanol–water partition coefficient (Wildman–Crippen LogP) is 0.762. The van der Waals surface area contributed by atoms with Gasteiger partial charge in [0.15, 0.2) is 0 Å². The average Bonchev–Trinajstić information content (AvgIpc) is 2.67. The minimum Gasteiger partial charge on any atom is -0.342 e. The smallest absolute Gasteiger partial charge is 0.222 e. The third-order valence-corrected chi connectivity index (χ3v) is 1.58. The van der Waals surface area contributed by atoms with Crippen LogP contribution in [0.15, 0.2) is 0 Å². The Bertz CT molecular complexity index is 194. The second-order valence-corrected chi connectivity index (χ2v) is 2.60. The Hall–Kier alpha value is -0.600. The van der Waals surface area contributed by atoms with Crippen LogP contribution in [0.5, 0.6) is 0 Å². The minimum absolute atomic E-state index is 0.418. The average molecular weight is 200 g/mol. The van der Waals surface area contributed by atoms with Gasteiger partial charge in [0.25, 0.3) is 0 Å². The van der Waals surface area contributed by atoms with Crippen molar-refractivity contribution in [3.05, 3.63) is 0 Å². The first kappa shape index (κ1) is 11.5. The first-order valence-electron chi connectivity index (χ1n) is 4.84. The third-order valence-electron chi connectivity index (χ3n) is 1.58. The van der Waals surface area contributed by atoms with Crippen LogP contribution >= 0.6 is 0 Å². The molecule has 1 rings (SSSR count). The van der Waals surface area contributed by atoms with E-state index in [0.29, 0.717) is 26.4 Å². The summed E-state index contributed by atoms with van der Waals surface area (Å²) in [5, 5.41) is 0. The second-order valence-electron chi connectivity index (χ2n) is 2.60. The van der Waals surface area contributed by atoms with Crippen LogP contribution < -0.4 is 0 Å². The van der Waals surface area contributed by atoms with Crippen molar-refractivity contribution in [2.75, 3.05) is 26.4 Å². The highest BCUT2D eigenvalue weighted by atomic mass is 16.7. The maximum Gasteiger partial charge on any atom is 0.222 e. The van der Waals surface area contributed by atoms with Crippen LogP contribution in [0.3, 0.4) is 0 Å². The standard InChI is InChI=1S/C10H16O4/c1-3-11-9(12-4-2)5-6-10-13-7-8-14-10/h9-10H,3-4,7-8H2,1-2H3. The van der Waals surface area contributed by atoms with Crippen LogP contribution in [-0.2, 0) is 18.9 Å². The summed E-state index contributed by atoms with van der Waals surface area (Å²) in [5.74, 6) is 5.63. The van der Waals surface area contributed by atoms with E-state index < -0.39 is 12.6 Å². The molecule has 0 aromatic rings. The van der Waals surface area contributed by atoms with E-state index >= 15 is 0 Å². The molecule has 0 unspecified atom stereocenters. The predicted molar refractivity (Wildman–Crippen MR) is 50.5 cm³/mol. The van der Waals surface area contributed by atoms with Gasteiger partial charge in [-0.3, -0.25) is 0 Å². The molecule has 0 aliphatic carbocycles. The summed E-state index contributed by atoms with van der Waals surface area (Å²) in [5.41, 5.74) is 0. The van der Waals surface area contributed by atoms with Gasteiger partial charge in [-0.05, 0) is 25.7 Å². The fourth-order valence-corrected chi connectivity index (χ4v) is 1.01. The molecule has 0 bridgehead atoms. The molecule has 0 spiro atoms. The zero-order valence-corrected chi connectivity index (χ0v) is 8.62. The number of rotatable bonds is 4. The van der Waals surface area contributed by atoms with Gasteiger partial charge in [0.2, 0.25) is 12.6 Å². The molecule has 0 radical (unpaired) electrons. The van der Waals surface area contributed by atoms with E-state index in [9.17, 15) is 0 Å². The minimum atomic E-state index is -0.474. The van der Waals surface area contributed by atoms with Crippen molar-refractivity contribution in [3.63, 3.8) is 0 Å². The lowest BCUT2D eigenvalue weighted by molar-refractivity contribution is -0.0976. The molecule has 1 fully saturated rings. The van der Waals surface area contributed by atoms with E-state index in [0.717, 1.165) is 0 Å². The van der Waals surface area contributed by atoms with Gasteiger partial charge in [-0.2, -0.15) is 0 Å². The van der Waals surface area contributed by atoms with E-state index in [4.69, 9.17) is 18.9 Å². The molecule has 0 atom stereocenters. The summed E-state index contributed by atoms with van der Waals surface area (Å²) in [6.45, 7) is 6.16. The number of ether oxygens (including phenoxy) is 4. The van der Waals surface area contributed by atoms with E-state index in [1.807, 2.05) is 13.8 Å². The highest BCUT2D eigenvalue weighted by Gasteiger charge is 2.12. The Morgan fingerprint density at radius 2 is 1.79 bits per heavy atom. The maximum atomic E-state index is 5.24. The molecule has 0 aromatic carbocycles. The van der Waals surface area contributed by atoms with Crippen LogP contribution in [0, 0.1) is 11.8 Å². The number of hydrogen-bond donors (Lipinski definition) is 0. The monoisotopic (exact) mass is 200 g/mol. The molecule has 4 nitrogen and oxygen atoms in total. The van der Waals surface area contributed by atoms with Crippen molar-refractivity contribution in [2.45, 2.75) is 26.4 Å². The zero-order valence-electron chi connectivity index (χ0n) is 8.62. The molecule has 1 heterocycles. The Morgan fingerprint density at radius 3 is 2.29 bits per heavy atom. The Labute approximate surface area is 84.5 Å².